The Morgan fingerprint density at radius 3 is 2.67 bits per heavy atom. The second kappa shape index (κ2) is 4.61. The largest absolute Gasteiger partial charge is 0.318 e. The Hall–Kier alpha value is -2.15. The van der Waals surface area contributed by atoms with E-state index in [0.717, 1.165) is 5.56 Å². The van der Waals surface area contributed by atoms with Gasteiger partial charge in [-0.25, -0.2) is 0 Å². The minimum Gasteiger partial charge on any atom is -0.263 e. The van der Waals surface area contributed by atoms with E-state index in [4.69, 9.17) is 0 Å². The van der Waals surface area contributed by atoms with Gasteiger partial charge in [0.1, 0.15) is 6.07 Å². The molecule has 1 aromatic carbocycles. The average Bonchev–Trinajstić information content (AvgIpc) is 2.39. The molecule has 4 nitrogen and oxygen atoms in total. The fraction of sp³-hybridized carbons (Fsp3) is 0.357. The Bertz CT molecular complexity index is 518. The van der Waals surface area contributed by atoms with Crippen LogP contribution < -0.4 is 0 Å². The molecule has 0 unspecified atom stereocenters. The molecule has 0 amide bonds. The summed E-state index contributed by atoms with van der Waals surface area (Å²) >= 11 is 0. The van der Waals surface area contributed by atoms with E-state index in [9.17, 15) is 15.4 Å². The molecule has 0 aromatic heterocycles. The van der Waals surface area contributed by atoms with Crippen molar-refractivity contribution < 1.29 is 4.92 Å². The summed E-state index contributed by atoms with van der Waals surface area (Å²) in [6, 6.07) is 11.2. The van der Waals surface area contributed by atoms with Gasteiger partial charge in [0, 0.05) is 4.92 Å². The Balaban J connectivity index is 2.55. The minimum absolute atomic E-state index is 0.390. The second-order valence-corrected chi connectivity index (χ2v) is 4.61. The zero-order valence-corrected chi connectivity index (χ0v) is 10.1. The summed E-state index contributed by atoms with van der Waals surface area (Å²) < 4.78 is 0. The molecule has 92 valence electrons. The zero-order chi connectivity index (χ0) is 13.2. The van der Waals surface area contributed by atoms with Crippen molar-refractivity contribution in [3.63, 3.8) is 0 Å². The summed E-state index contributed by atoms with van der Waals surface area (Å²) in [5, 5.41) is 20.8. The quantitative estimate of drug-likeness (QED) is 0.455. The standard InChI is InChI=1S/C14H14N2O2/c1-11-6-5-9-13(12-7-3-2-4-8-12)14(11,10-15)16(17)18/h2-8,11,13H,9H2,1H3/t11-,13+,14-/m0/s1. The van der Waals surface area contributed by atoms with E-state index >= 15 is 0 Å². The van der Waals surface area contributed by atoms with Gasteiger partial charge in [0.05, 0.1) is 11.8 Å². The maximum absolute atomic E-state index is 11.5. The Morgan fingerprint density at radius 2 is 2.11 bits per heavy atom. The maximum atomic E-state index is 11.5. The predicted octanol–water partition coefficient (Wildman–Crippen LogP) is 2.91. The minimum atomic E-state index is -1.56. The van der Waals surface area contributed by atoms with E-state index in [1.807, 2.05) is 42.5 Å². The van der Waals surface area contributed by atoms with Crippen LogP contribution in [-0.2, 0) is 0 Å². The van der Waals surface area contributed by atoms with Crippen LogP contribution >= 0.6 is 0 Å². The lowest BCUT2D eigenvalue weighted by Gasteiger charge is -2.33. The number of rotatable bonds is 2. The number of nitro groups is 1. The lowest BCUT2D eigenvalue weighted by molar-refractivity contribution is -0.565. The molecule has 1 aromatic rings. The zero-order valence-electron chi connectivity index (χ0n) is 10.1. The molecule has 0 saturated heterocycles. The van der Waals surface area contributed by atoms with Crippen LogP contribution in [0.25, 0.3) is 0 Å². The fourth-order valence-electron chi connectivity index (χ4n) is 2.65. The summed E-state index contributed by atoms with van der Waals surface area (Å²) in [7, 11) is 0. The summed E-state index contributed by atoms with van der Waals surface area (Å²) in [6.07, 6.45) is 4.23. The molecule has 0 N–H and O–H groups in total. The molecule has 0 heterocycles. The van der Waals surface area contributed by atoms with Crippen molar-refractivity contribution in [2.45, 2.75) is 24.8 Å². The summed E-state index contributed by atoms with van der Waals surface area (Å²) in [4.78, 5) is 11.0. The third kappa shape index (κ3) is 1.68. The SMILES string of the molecule is C[C@H]1C=CC[C@H](c2ccccc2)[C@@]1(C#N)[N+](=O)[O-]. The van der Waals surface area contributed by atoms with Gasteiger partial charge in [-0.1, -0.05) is 49.4 Å². The highest BCUT2D eigenvalue weighted by molar-refractivity contribution is 5.32. The third-order valence-electron chi connectivity index (χ3n) is 3.71. The molecule has 0 aliphatic heterocycles. The van der Waals surface area contributed by atoms with Crippen molar-refractivity contribution in [2.24, 2.45) is 5.92 Å². The lowest BCUT2D eigenvalue weighted by Crippen LogP contribution is -2.49. The van der Waals surface area contributed by atoms with Crippen LogP contribution in [0.2, 0.25) is 0 Å². The molecule has 0 fully saturated rings. The lowest BCUT2D eigenvalue weighted by atomic mass is 9.68. The van der Waals surface area contributed by atoms with E-state index < -0.39 is 22.3 Å². The molecule has 4 heteroatoms. The van der Waals surface area contributed by atoms with Crippen molar-refractivity contribution in [1.29, 1.82) is 5.26 Å². The highest BCUT2D eigenvalue weighted by atomic mass is 16.6. The number of nitrogens with zero attached hydrogens (tertiary/aromatic N) is 2. The number of benzene rings is 1. The van der Waals surface area contributed by atoms with Crippen molar-refractivity contribution in [2.75, 3.05) is 0 Å². The molecule has 0 spiro atoms. The van der Waals surface area contributed by atoms with Crippen molar-refractivity contribution >= 4 is 0 Å². The van der Waals surface area contributed by atoms with Gasteiger partial charge in [0.2, 0.25) is 0 Å². The van der Waals surface area contributed by atoms with E-state index in [0.29, 0.717) is 6.42 Å². The first-order chi connectivity index (χ1) is 8.63. The van der Waals surface area contributed by atoms with Crippen LogP contribution in [0.1, 0.15) is 24.8 Å². The summed E-state index contributed by atoms with van der Waals surface area (Å²) in [5.74, 6) is -0.782. The van der Waals surface area contributed by atoms with Gasteiger partial charge in [-0.2, -0.15) is 5.26 Å². The van der Waals surface area contributed by atoms with E-state index in [-0.39, 0.29) is 0 Å². The third-order valence-corrected chi connectivity index (χ3v) is 3.71. The van der Waals surface area contributed by atoms with Crippen LogP contribution in [0.4, 0.5) is 0 Å². The molecule has 0 radical (unpaired) electrons. The van der Waals surface area contributed by atoms with Crippen molar-refractivity contribution in [3.05, 3.63) is 58.2 Å². The molecule has 1 aliphatic rings. The molecule has 1 aliphatic carbocycles. The molecule has 0 saturated carbocycles. The Kier molecular flexibility index (Phi) is 3.15. The first kappa shape index (κ1) is 12.3. The molecule has 2 rings (SSSR count). The topological polar surface area (TPSA) is 66.9 Å². The number of hydrogen-bond donors (Lipinski definition) is 0. The maximum Gasteiger partial charge on any atom is 0.318 e. The first-order valence-electron chi connectivity index (χ1n) is 5.90. The van der Waals surface area contributed by atoms with E-state index in [2.05, 4.69) is 0 Å². The molecule has 18 heavy (non-hydrogen) atoms. The first-order valence-corrected chi connectivity index (χ1v) is 5.90. The highest BCUT2D eigenvalue weighted by Gasteiger charge is 2.56. The Morgan fingerprint density at radius 1 is 1.44 bits per heavy atom. The highest BCUT2D eigenvalue weighted by Crippen LogP contribution is 2.42. The smallest absolute Gasteiger partial charge is 0.263 e. The van der Waals surface area contributed by atoms with E-state index in [1.54, 1.807) is 13.0 Å². The normalized spacial score (nSPS) is 30.7. The monoisotopic (exact) mass is 242 g/mol. The van der Waals surface area contributed by atoms with Gasteiger partial charge in [0.15, 0.2) is 0 Å². The average molecular weight is 242 g/mol. The molecular weight excluding hydrogens is 228 g/mol. The summed E-state index contributed by atoms with van der Waals surface area (Å²) in [6.45, 7) is 1.73. The van der Waals surface area contributed by atoms with Gasteiger partial charge in [-0.05, 0) is 12.0 Å². The second-order valence-electron chi connectivity index (χ2n) is 4.61. The van der Waals surface area contributed by atoms with Crippen LogP contribution in [0.15, 0.2) is 42.5 Å². The van der Waals surface area contributed by atoms with Gasteiger partial charge in [-0.15, -0.1) is 0 Å². The molecular formula is C14H14N2O2. The number of allylic oxidation sites excluding steroid dienone is 1. The molecule has 0 bridgehead atoms. The van der Waals surface area contributed by atoms with Crippen LogP contribution in [0.3, 0.4) is 0 Å². The van der Waals surface area contributed by atoms with Crippen LogP contribution in [0.5, 0.6) is 0 Å². The number of nitriles is 1. The van der Waals surface area contributed by atoms with Gasteiger partial charge < -0.3 is 0 Å². The summed E-state index contributed by atoms with van der Waals surface area (Å²) in [5.41, 5.74) is -0.706. The van der Waals surface area contributed by atoms with E-state index in [1.165, 1.54) is 0 Å². The Labute approximate surface area is 106 Å². The fourth-order valence-corrected chi connectivity index (χ4v) is 2.65. The van der Waals surface area contributed by atoms with Crippen LogP contribution in [-0.4, -0.2) is 10.5 Å². The molecule has 3 atom stereocenters. The number of hydrogen-bond acceptors (Lipinski definition) is 3. The van der Waals surface area contributed by atoms with Crippen molar-refractivity contribution in [3.8, 4) is 6.07 Å². The van der Waals surface area contributed by atoms with Crippen molar-refractivity contribution in [1.82, 2.24) is 0 Å². The predicted molar refractivity (Wildman–Crippen MR) is 67.4 cm³/mol. The van der Waals surface area contributed by atoms with Crippen LogP contribution in [0, 0.1) is 27.4 Å². The van der Waals surface area contributed by atoms with Gasteiger partial charge in [0.25, 0.3) is 0 Å². The van der Waals surface area contributed by atoms with Gasteiger partial charge in [-0.3, -0.25) is 10.1 Å². The van der Waals surface area contributed by atoms with Gasteiger partial charge >= 0.3 is 5.54 Å².